The second-order valence-corrected chi connectivity index (χ2v) is 15.2. The molecule has 10 rings (SSSR count). The first kappa shape index (κ1) is 41.9. The topological polar surface area (TPSA) is 215 Å². The van der Waals surface area contributed by atoms with Gasteiger partial charge in [-0.15, -0.1) is 0 Å². The number of fused-ring (bicyclic) bond motifs is 8. The Kier molecular flexibility index (Phi) is 12.7. The van der Waals surface area contributed by atoms with E-state index in [0.717, 1.165) is 85.9 Å². The minimum Gasteiger partial charge on any atom is -0.423 e. The number of aromatic nitrogens is 8. The van der Waals surface area contributed by atoms with Gasteiger partial charge in [0, 0.05) is 80.3 Å². The molecule has 62 heavy (non-hydrogen) atoms. The smallest absolute Gasteiger partial charge is 0.423 e. The van der Waals surface area contributed by atoms with E-state index < -0.39 is 7.12 Å². The average molecular weight is 855 g/mol. The van der Waals surface area contributed by atoms with Crippen molar-refractivity contribution in [2.45, 2.75) is 51.6 Å². The SMILES string of the molecule is CCc1cc(-c2ccc3c(n2)N(C(=O)Nc2cnccn2)[C@H]2CCN3C2)ccn1.CCc1cc(B(O)O)ccn1.O=C(Nc1cnccn1)N1c2nc(Cl)ccc2N2CC[C@H]1C2. The number of nitrogens with one attached hydrogen (secondary N) is 2. The minimum atomic E-state index is -1.39. The molecular weight excluding hydrogens is 811 g/mol. The first-order valence-electron chi connectivity index (χ1n) is 20.3. The molecule has 6 aromatic heterocycles. The maximum absolute atomic E-state index is 13.1. The summed E-state index contributed by atoms with van der Waals surface area (Å²) in [7, 11) is -1.39. The van der Waals surface area contributed by atoms with E-state index in [9.17, 15) is 9.59 Å². The van der Waals surface area contributed by atoms with E-state index in [2.05, 4.69) is 74.4 Å². The van der Waals surface area contributed by atoms with Crippen LogP contribution < -0.4 is 35.7 Å². The summed E-state index contributed by atoms with van der Waals surface area (Å²) in [5, 5.41) is 23.5. The van der Waals surface area contributed by atoms with Crippen molar-refractivity contribution in [3.05, 3.63) is 115 Å². The van der Waals surface area contributed by atoms with Gasteiger partial charge in [-0.3, -0.25) is 40.4 Å². The van der Waals surface area contributed by atoms with Gasteiger partial charge < -0.3 is 19.8 Å². The van der Waals surface area contributed by atoms with Crippen molar-refractivity contribution in [3.8, 4) is 11.3 Å². The fourth-order valence-corrected chi connectivity index (χ4v) is 7.97. The normalized spacial score (nSPS) is 16.5. The van der Waals surface area contributed by atoms with Gasteiger partial charge in [-0.05, 0) is 79.7 Å². The number of nitrogens with zero attached hydrogens (tertiary/aromatic N) is 12. The van der Waals surface area contributed by atoms with Crippen LogP contribution >= 0.6 is 11.6 Å². The first-order valence-corrected chi connectivity index (χ1v) is 20.7. The number of urea groups is 2. The van der Waals surface area contributed by atoms with Gasteiger partial charge >= 0.3 is 19.2 Å². The molecule has 0 aliphatic carbocycles. The largest absolute Gasteiger partial charge is 0.488 e. The van der Waals surface area contributed by atoms with Gasteiger partial charge in [-0.2, -0.15) is 0 Å². The number of anilines is 6. The van der Waals surface area contributed by atoms with Gasteiger partial charge in [-0.1, -0.05) is 25.4 Å². The molecule has 2 fully saturated rings. The summed E-state index contributed by atoms with van der Waals surface area (Å²) in [6, 6.07) is 14.7. The average Bonchev–Trinajstić information content (AvgIpc) is 3.92. The zero-order valence-electron chi connectivity index (χ0n) is 34.1. The zero-order valence-corrected chi connectivity index (χ0v) is 34.8. The molecule has 20 heteroatoms. The molecule has 4 bridgehead atoms. The van der Waals surface area contributed by atoms with Crippen LogP contribution in [0.2, 0.25) is 5.15 Å². The van der Waals surface area contributed by atoms with Gasteiger partial charge in [0.1, 0.15) is 5.15 Å². The fraction of sp³-hybridized carbons (Fsp3) is 0.286. The summed E-state index contributed by atoms with van der Waals surface area (Å²) in [5.74, 6) is 2.13. The lowest BCUT2D eigenvalue weighted by molar-refractivity contribution is 0.254. The number of rotatable bonds is 6. The summed E-state index contributed by atoms with van der Waals surface area (Å²) < 4.78 is 0. The Labute approximate surface area is 363 Å². The van der Waals surface area contributed by atoms with Gasteiger partial charge in [-0.25, -0.2) is 29.5 Å². The van der Waals surface area contributed by atoms with E-state index in [0.29, 0.717) is 33.9 Å². The monoisotopic (exact) mass is 854 g/mol. The van der Waals surface area contributed by atoms with Crippen molar-refractivity contribution < 1.29 is 19.6 Å². The third-order valence-electron chi connectivity index (χ3n) is 10.9. The molecule has 0 spiro atoms. The second-order valence-electron chi connectivity index (χ2n) is 14.8. The molecule has 4 amide bonds. The van der Waals surface area contributed by atoms with Gasteiger partial charge in [0.2, 0.25) is 0 Å². The summed E-state index contributed by atoms with van der Waals surface area (Å²) in [6.45, 7) is 7.51. The predicted octanol–water partition coefficient (Wildman–Crippen LogP) is 4.61. The summed E-state index contributed by atoms with van der Waals surface area (Å²) in [5.41, 5.74) is 6.15. The molecule has 4 aliphatic rings. The molecule has 18 nitrogen and oxygen atoms in total. The molecule has 4 aliphatic heterocycles. The van der Waals surface area contributed by atoms with E-state index in [1.165, 1.54) is 18.6 Å². The Hall–Kier alpha value is -6.83. The van der Waals surface area contributed by atoms with Crippen LogP contribution in [0.3, 0.4) is 0 Å². The van der Waals surface area contributed by atoms with Crippen molar-refractivity contribution in [2.75, 3.05) is 56.4 Å². The number of carbonyl (C=O) groups excluding carboxylic acids is 2. The maximum Gasteiger partial charge on any atom is 0.488 e. The third kappa shape index (κ3) is 9.24. The molecule has 0 radical (unpaired) electrons. The van der Waals surface area contributed by atoms with Crippen molar-refractivity contribution >= 4 is 70.9 Å². The van der Waals surface area contributed by atoms with Crippen molar-refractivity contribution in [1.29, 1.82) is 0 Å². The fourth-order valence-electron chi connectivity index (χ4n) is 7.83. The molecule has 2 atom stereocenters. The number of halogens is 1. The molecule has 0 unspecified atom stereocenters. The molecule has 316 valence electrons. The number of pyridine rings is 4. The van der Waals surface area contributed by atoms with E-state index in [1.54, 1.807) is 59.0 Å². The lowest BCUT2D eigenvalue weighted by Gasteiger charge is -2.35. The van der Waals surface area contributed by atoms with Crippen LogP contribution in [-0.4, -0.2) is 107 Å². The Morgan fingerprint density at radius 1 is 0.694 bits per heavy atom. The number of hydrogen-bond donors (Lipinski definition) is 4. The Balaban J connectivity index is 0.000000141. The number of amides is 4. The van der Waals surface area contributed by atoms with E-state index in [1.807, 2.05) is 25.1 Å². The summed E-state index contributed by atoms with van der Waals surface area (Å²) >= 11 is 6.01. The first-order chi connectivity index (χ1) is 30.2. The quantitative estimate of drug-likeness (QED) is 0.133. The third-order valence-corrected chi connectivity index (χ3v) is 11.1. The Morgan fingerprint density at radius 3 is 1.79 bits per heavy atom. The molecule has 0 aromatic carbocycles. The number of carbonyl (C=O) groups is 2. The minimum absolute atomic E-state index is 0.0885. The van der Waals surface area contributed by atoms with Crippen LogP contribution in [0.4, 0.5) is 44.2 Å². The van der Waals surface area contributed by atoms with E-state index in [-0.39, 0.29) is 24.1 Å². The van der Waals surface area contributed by atoms with E-state index >= 15 is 0 Å². The number of hydrogen-bond acceptors (Lipinski definition) is 14. The number of aryl methyl sites for hydroxylation is 2. The van der Waals surface area contributed by atoms with Crippen LogP contribution in [0.5, 0.6) is 0 Å². The highest BCUT2D eigenvalue weighted by Crippen LogP contribution is 2.41. The molecular formula is C42H44BClN14O4. The molecule has 6 aromatic rings. The van der Waals surface area contributed by atoms with Gasteiger partial charge in [0.15, 0.2) is 23.3 Å². The highest BCUT2D eigenvalue weighted by molar-refractivity contribution is 6.58. The van der Waals surface area contributed by atoms with Crippen LogP contribution in [0.15, 0.2) is 98.1 Å². The van der Waals surface area contributed by atoms with Crippen LogP contribution in [0, 0.1) is 0 Å². The van der Waals surface area contributed by atoms with Crippen molar-refractivity contribution in [1.82, 2.24) is 39.9 Å². The van der Waals surface area contributed by atoms with Crippen LogP contribution in [0.1, 0.15) is 38.1 Å². The van der Waals surface area contributed by atoms with Crippen LogP contribution in [0.25, 0.3) is 11.3 Å². The van der Waals surface area contributed by atoms with E-state index in [4.69, 9.17) is 26.6 Å². The highest BCUT2D eigenvalue weighted by Gasteiger charge is 2.41. The standard InChI is InChI=1S/C21H21N7O.C14H13ClN6O.C7H10BNO2/c1-2-15-11-14(5-7-23-15)17-3-4-18-20(25-17)28(16-6-10-27(18)13-16)21(29)26-19-12-22-8-9-24-19;15-11-2-1-10-13(18-11)21(9-3-6-20(10)8-9)14(22)19-12-7-16-4-5-17-12;1-2-7-5-6(8(10)11)3-4-9-7/h3-5,7-9,11-12,16H,2,6,10,13H2,1H3,(H,24,26,29);1-2,4-5,7,9H,3,6,8H2,(H,17,19,22);3-5,10-11H,2H2,1H3/t16-;9-;/m00./s1. The zero-order chi connectivity index (χ0) is 43.2. The van der Waals surface area contributed by atoms with Gasteiger partial charge in [0.25, 0.3) is 0 Å². The molecule has 2 saturated heterocycles. The molecule has 0 saturated carbocycles. The lowest BCUT2D eigenvalue weighted by Crippen LogP contribution is -2.48. The second kappa shape index (κ2) is 18.8. The lowest BCUT2D eigenvalue weighted by atomic mass is 9.80. The van der Waals surface area contributed by atoms with Crippen LogP contribution in [-0.2, 0) is 12.8 Å². The van der Waals surface area contributed by atoms with Crippen molar-refractivity contribution in [2.24, 2.45) is 0 Å². The van der Waals surface area contributed by atoms with Crippen molar-refractivity contribution in [3.63, 3.8) is 0 Å². The summed E-state index contributed by atoms with van der Waals surface area (Å²) in [4.78, 5) is 67.6. The predicted molar refractivity (Wildman–Crippen MR) is 238 cm³/mol. The molecule has 10 heterocycles. The summed E-state index contributed by atoms with van der Waals surface area (Å²) in [6.07, 6.45) is 16.1. The Bertz CT molecular complexity index is 2530. The molecule has 4 N–H and O–H groups in total. The maximum atomic E-state index is 13.1. The highest BCUT2D eigenvalue weighted by atomic mass is 35.5. The Morgan fingerprint density at radius 2 is 1.24 bits per heavy atom. The van der Waals surface area contributed by atoms with Gasteiger partial charge in [0.05, 0.1) is 41.5 Å².